The first-order chi connectivity index (χ1) is 22.1. The van der Waals surface area contributed by atoms with Gasteiger partial charge >= 0.3 is 12.2 Å². The summed E-state index contributed by atoms with van der Waals surface area (Å²) in [4.78, 5) is 39.2. The van der Waals surface area contributed by atoms with E-state index in [1.54, 1.807) is 21.9 Å². The number of carbonyl (C=O) groups is 2. The molecule has 0 atom stereocenters. The predicted octanol–water partition coefficient (Wildman–Crippen LogP) is 6.39. The van der Waals surface area contributed by atoms with Gasteiger partial charge in [-0.3, -0.25) is 4.79 Å². The van der Waals surface area contributed by atoms with Crippen LogP contribution < -0.4 is 20.4 Å². The second kappa shape index (κ2) is 13.1. The van der Waals surface area contributed by atoms with Crippen molar-refractivity contribution < 1.29 is 27.2 Å². The number of piperazine rings is 1. The number of urea groups is 1. The molecule has 2 fully saturated rings. The number of aryl methyl sites for hydroxylation is 1. The number of nitrogens with zero attached hydrogens (tertiary/aromatic N) is 5. The minimum atomic E-state index is -4.88. The van der Waals surface area contributed by atoms with E-state index in [-0.39, 0.29) is 17.7 Å². The number of hydrogen-bond acceptors (Lipinski definition) is 7. The van der Waals surface area contributed by atoms with Crippen LogP contribution in [0.2, 0.25) is 0 Å². The number of carbonyl (C=O) groups excluding carboxylic acids is 2. The van der Waals surface area contributed by atoms with Gasteiger partial charge in [0, 0.05) is 45.0 Å². The molecule has 0 bridgehead atoms. The molecule has 2 aliphatic rings. The van der Waals surface area contributed by atoms with E-state index in [2.05, 4.69) is 20.6 Å². The van der Waals surface area contributed by atoms with Crippen molar-refractivity contribution in [1.29, 1.82) is 0 Å². The van der Waals surface area contributed by atoms with Crippen molar-refractivity contribution in [2.24, 2.45) is 0 Å². The highest BCUT2D eigenvalue weighted by Crippen LogP contribution is 2.36. The van der Waals surface area contributed by atoms with Crippen LogP contribution in [0.4, 0.5) is 41.2 Å². The zero-order chi connectivity index (χ0) is 32.3. The van der Waals surface area contributed by atoms with Crippen LogP contribution in [-0.4, -0.2) is 66.1 Å². The van der Waals surface area contributed by atoms with Crippen LogP contribution in [0, 0.1) is 6.92 Å². The van der Waals surface area contributed by atoms with Gasteiger partial charge < -0.3 is 29.8 Å². The number of halogens is 3. The Kier molecular flexibility index (Phi) is 8.82. The van der Waals surface area contributed by atoms with Crippen LogP contribution in [0.3, 0.4) is 0 Å². The Balaban J connectivity index is 1.05. The molecule has 0 spiro atoms. The molecule has 0 radical (unpaired) electrons. The standard InChI is InChI=1S/C33H34F3N7O3/c1-22-6-5-9-25(20-22)39-31(45)42-18-16-41(17-19-42)27-11-10-26(21-37-27)38-30(44)28-29(33(34,35)36)40-32(46-28)43-14-12-24(13-15-43)23-7-3-2-4-8-23/h2-11,20-21,24H,12-19H2,1H3,(H,38,44)(H,39,45). The van der Waals surface area contributed by atoms with Gasteiger partial charge in [-0.1, -0.05) is 42.5 Å². The molecule has 0 saturated carbocycles. The summed E-state index contributed by atoms with van der Waals surface area (Å²) in [5.41, 5.74) is 1.82. The first-order valence-electron chi connectivity index (χ1n) is 15.2. The van der Waals surface area contributed by atoms with Gasteiger partial charge in [0.05, 0.1) is 11.9 Å². The minimum Gasteiger partial charge on any atom is -0.417 e. The average Bonchev–Trinajstić information content (AvgIpc) is 3.53. The molecule has 10 nitrogen and oxygen atoms in total. The molecule has 240 valence electrons. The lowest BCUT2D eigenvalue weighted by Crippen LogP contribution is -2.50. The van der Waals surface area contributed by atoms with E-state index < -0.39 is 23.5 Å². The van der Waals surface area contributed by atoms with Crippen LogP contribution in [0.25, 0.3) is 0 Å². The lowest BCUT2D eigenvalue weighted by atomic mass is 9.90. The summed E-state index contributed by atoms with van der Waals surface area (Å²) in [5, 5.41) is 5.38. The van der Waals surface area contributed by atoms with E-state index >= 15 is 0 Å². The topological polar surface area (TPSA) is 107 Å². The number of rotatable bonds is 6. The van der Waals surface area contributed by atoms with E-state index in [1.807, 2.05) is 66.4 Å². The third kappa shape index (κ3) is 7.08. The van der Waals surface area contributed by atoms with Gasteiger partial charge in [0.25, 0.3) is 11.9 Å². The Morgan fingerprint density at radius 1 is 0.848 bits per heavy atom. The van der Waals surface area contributed by atoms with E-state index in [9.17, 15) is 22.8 Å². The molecule has 46 heavy (non-hydrogen) atoms. The molecular formula is C33H34F3N7O3. The fourth-order valence-electron chi connectivity index (χ4n) is 5.82. The normalized spacial score (nSPS) is 16.0. The van der Waals surface area contributed by atoms with Gasteiger partial charge in [0.15, 0.2) is 5.69 Å². The molecule has 4 heterocycles. The molecule has 2 N–H and O–H groups in total. The molecule has 0 aliphatic carbocycles. The highest BCUT2D eigenvalue weighted by Gasteiger charge is 2.42. The number of nitrogens with one attached hydrogen (secondary N) is 2. The zero-order valence-corrected chi connectivity index (χ0v) is 25.3. The van der Waals surface area contributed by atoms with Crippen molar-refractivity contribution in [3.63, 3.8) is 0 Å². The van der Waals surface area contributed by atoms with Crippen LogP contribution >= 0.6 is 0 Å². The summed E-state index contributed by atoms with van der Waals surface area (Å²) in [6.07, 6.45) is -2.05. The lowest BCUT2D eigenvalue weighted by molar-refractivity contribution is -0.141. The molecule has 4 aromatic rings. The summed E-state index contributed by atoms with van der Waals surface area (Å²) < 4.78 is 47.2. The number of aromatic nitrogens is 2. The first-order valence-corrected chi connectivity index (χ1v) is 15.2. The van der Waals surface area contributed by atoms with Gasteiger partial charge in [-0.15, -0.1) is 0 Å². The van der Waals surface area contributed by atoms with Crippen molar-refractivity contribution in [1.82, 2.24) is 14.9 Å². The van der Waals surface area contributed by atoms with E-state index in [1.165, 1.54) is 11.8 Å². The Hall–Kier alpha value is -5.07. The quantitative estimate of drug-likeness (QED) is 0.254. The maximum atomic E-state index is 13.9. The number of piperidine rings is 1. The second-order valence-corrected chi connectivity index (χ2v) is 11.5. The molecular weight excluding hydrogens is 599 g/mol. The highest BCUT2D eigenvalue weighted by atomic mass is 19.4. The number of oxazole rings is 1. The van der Waals surface area contributed by atoms with Gasteiger partial charge in [0.2, 0.25) is 5.76 Å². The first kappa shape index (κ1) is 30.9. The third-order valence-corrected chi connectivity index (χ3v) is 8.29. The molecule has 2 aromatic carbocycles. The summed E-state index contributed by atoms with van der Waals surface area (Å²) in [6, 6.07) is 20.4. The largest absolute Gasteiger partial charge is 0.437 e. The molecule has 3 amide bonds. The molecule has 2 saturated heterocycles. The van der Waals surface area contributed by atoms with Crippen LogP contribution in [-0.2, 0) is 6.18 Å². The molecule has 2 aliphatic heterocycles. The summed E-state index contributed by atoms with van der Waals surface area (Å²) in [6.45, 7) is 4.91. The van der Waals surface area contributed by atoms with Gasteiger partial charge in [-0.25, -0.2) is 9.78 Å². The fourth-order valence-corrected chi connectivity index (χ4v) is 5.82. The van der Waals surface area contributed by atoms with Crippen LogP contribution in [0.5, 0.6) is 0 Å². The minimum absolute atomic E-state index is 0.179. The number of pyridine rings is 1. The number of hydrogen-bond donors (Lipinski definition) is 2. The fraction of sp³-hybridized carbons (Fsp3) is 0.333. The summed E-state index contributed by atoms with van der Waals surface area (Å²) >= 11 is 0. The van der Waals surface area contributed by atoms with E-state index in [0.717, 1.165) is 24.1 Å². The number of anilines is 4. The second-order valence-electron chi connectivity index (χ2n) is 11.5. The molecule has 2 aromatic heterocycles. The maximum Gasteiger partial charge on any atom is 0.437 e. The van der Waals surface area contributed by atoms with Gasteiger partial charge in [-0.2, -0.15) is 18.2 Å². The van der Waals surface area contributed by atoms with Crippen molar-refractivity contribution in [3.8, 4) is 0 Å². The Morgan fingerprint density at radius 2 is 1.59 bits per heavy atom. The molecule has 13 heteroatoms. The van der Waals surface area contributed by atoms with Gasteiger partial charge in [0.1, 0.15) is 5.82 Å². The van der Waals surface area contributed by atoms with Crippen LogP contribution in [0.15, 0.2) is 77.3 Å². The predicted molar refractivity (Wildman–Crippen MR) is 168 cm³/mol. The average molecular weight is 634 g/mol. The lowest BCUT2D eigenvalue weighted by Gasteiger charge is -2.35. The Labute approximate surface area is 264 Å². The maximum absolute atomic E-state index is 13.9. The SMILES string of the molecule is Cc1cccc(NC(=O)N2CCN(c3ccc(NC(=O)c4oc(N5CCC(c6ccccc6)CC5)nc4C(F)(F)F)cn3)CC2)c1. The highest BCUT2D eigenvalue weighted by molar-refractivity contribution is 6.03. The smallest absolute Gasteiger partial charge is 0.417 e. The third-order valence-electron chi connectivity index (χ3n) is 8.29. The van der Waals surface area contributed by atoms with Crippen LogP contribution in [0.1, 0.15) is 46.1 Å². The number of benzene rings is 2. The molecule has 6 rings (SSSR count). The monoisotopic (exact) mass is 633 g/mol. The van der Waals surface area contributed by atoms with Gasteiger partial charge in [-0.05, 0) is 61.1 Å². The van der Waals surface area contributed by atoms with E-state index in [0.29, 0.717) is 51.0 Å². The number of alkyl halides is 3. The summed E-state index contributed by atoms with van der Waals surface area (Å²) in [7, 11) is 0. The Bertz CT molecular complexity index is 1660. The van der Waals surface area contributed by atoms with Crippen molar-refractivity contribution >= 4 is 35.1 Å². The number of amides is 3. The van der Waals surface area contributed by atoms with Crippen molar-refractivity contribution in [3.05, 3.63) is 95.5 Å². The van der Waals surface area contributed by atoms with Crippen molar-refractivity contribution in [2.75, 3.05) is 59.7 Å². The Morgan fingerprint density at radius 3 is 2.24 bits per heavy atom. The zero-order valence-electron chi connectivity index (χ0n) is 25.3. The molecule has 0 unspecified atom stereocenters. The van der Waals surface area contributed by atoms with Crippen molar-refractivity contribution in [2.45, 2.75) is 31.9 Å². The van der Waals surface area contributed by atoms with E-state index in [4.69, 9.17) is 4.42 Å². The summed E-state index contributed by atoms with van der Waals surface area (Å²) in [5.74, 6) is -1.04.